The van der Waals surface area contributed by atoms with E-state index in [1.54, 1.807) is 0 Å². The van der Waals surface area contributed by atoms with Crippen LogP contribution in [0.1, 0.15) is 25.1 Å². The van der Waals surface area contributed by atoms with E-state index >= 15 is 0 Å². The number of amides is 1. The minimum atomic E-state index is -4.89. The maximum Gasteiger partial charge on any atom is 0.424 e. The van der Waals surface area contributed by atoms with E-state index in [0.29, 0.717) is 6.42 Å². The molecule has 1 aliphatic rings. The lowest BCUT2D eigenvalue weighted by Crippen LogP contribution is -2.48. The van der Waals surface area contributed by atoms with Crippen LogP contribution in [0.15, 0.2) is 12.4 Å². The average Bonchev–Trinajstić information content (AvgIpc) is 3.07. The molecular formula is C13H19F3N4O2. The predicted molar refractivity (Wildman–Crippen MR) is 71.8 cm³/mol. The third kappa shape index (κ3) is 3.25. The summed E-state index contributed by atoms with van der Waals surface area (Å²) in [7, 11) is 1.38. The topological polar surface area (TPSA) is 79.2 Å². The number of carbonyl (C=O) groups excluding carboxylic acids is 1. The Kier molecular flexibility index (Phi) is 4.76. The van der Waals surface area contributed by atoms with Crippen molar-refractivity contribution in [3.63, 3.8) is 0 Å². The van der Waals surface area contributed by atoms with Gasteiger partial charge in [-0.25, -0.2) is 4.98 Å². The highest BCUT2D eigenvalue weighted by molar-refractivity contribution is 5.81. The second-order valence-corrected chi connectivity index (χ2v) is 5.41. The lowest BCUT2D eigenvalue weighted by Gasteiger charge is -2.30. The molecule has 0 radical (unpaired) electrons. The fourth-order valence-electron chi connectivity index (χ4n) is 2.54. The lowest BCUT2D eigenvalue weighted by molar-refractivity contribution is -0.272. The summed E-state index contributed by atoms with van der Waals surface area (Å²) in [6.45, 7) is 0.428. The van der Waals surface area contributed by atoms with E-state index in [-0.39, 0.29) is 18.5 Å². The third-order valence-electron chi connectivity index (χ3n) is 3.82. The van der Waals surface area contributed by atoms with Crippen molar-refractivity contribution >= 4 is 5.91 Å². The Labute approximate surface area is 125 Å². The largest absolute Gasteiger partial charge is 0.424 e. The van der Waals surface area contributed by atoms with E-state index in [9.17, 15) is 23.1 Å². The van der Waals surface area contributed by atoms with E-state index in [2.05, 4.69) is 15.6 Å². The molecular weight excluding hydrogens is 301 g/mol. The van der Waals surface area contributed by atoms with E-state index in [1.807, 2.05) is 0 Å². The zero-order chi connectivity index (χ0) is 16.4. The van der Waals surface area contributed by atoms with Crippen molar-refractivity contribution < 1.29 is 23.1 Å². The van der Waals surface area contributed by atoms with Crippen LogP contribution in [0, 0.1) is 0 Å². The molecule has 9 heteroatoms. The quantitative estimate of drug-likeness (QED) is 0.735. The Morgan fingerprint density at radius 2 is 2.32 bits per heavy atom. The molecule has 0 unspecified atom stereocenters. The molecule has 6 nitrogen and oxygen atoms in total. The van der Waals surface area contributed by atoms with Crippen molar-refractivity contribution in [3.05, 3.63) is 18.2 Å². The molecule has 2 heterocycles. The van der Waals surface area contributed by atoms with Crippen molar-refractivity contribution in [2.24, 2.45) is 7.05 Å². The lowest BCUT2D eigenvalue weighted by atomic mass is 9.97. The Morgan fingerprint density at radius 3 is 2.82 bits per heavy atom. The molecule has 0 saturated carbocycles. The molecule has 3 N–H and O–H groups in total. The molecule has 0 aromatic carbocycles. The molecule has 22 heavy (non-hydrogen) atoms. The summed E-state index contributed by atoms with van der Waals surface area (Å²) in [6, 6.07) is -0.368. The number of hydrogen-bond donors (Lipinski definition) is 3. The zero-order valence-corrected chi connectivity index (χ0v) is 12.2. The number of aliphatic hydroxyl groups is 1. The van der Waals surface area contributed by atoms with Crippen molar-refractivity contribution in [2.45, 2.75) is 37.1 Å². The van der Waals surface area contributed by atoms with Crippen LogP contribution < -0.4 is 10.6 Å². The standard InChI is InChI=1S/C13H19F3N4O2/c1-20-8-7-19-11(20)12(22,13(14,15)16)4-6-18-10(21)9-3-2-5-17-9/h7-9,17,22H,2-6H2,1H3,(H,18,21)/t9-,12-/m1/s1. The first-order valence-electron chi connectivity index (χ1n) is 7.04. The van der Waals surface area contributed by atoms with Crippen LogP contribution in [0.3, 0.4) is 0 Å². The van der Waals surface area contributed by atoms with Crippen LogP contribution in [0.4, 0.5) is 13.2 Å². The Hall–Kier alpha value is -1.61. The van der Waals surface area contributed by atoms with E-state index < -0.39 is 24.0 Å². The monoisotopic (exact) mass is 320 g/mol. The maximum atomic E-state index is 13.2. The van der Waals surface area contributed by atoms with Crippen LogP contribution in [0.2, 0.25) is 0 Å². The van der Waals surface area contributed by atoms with Gasteiger partial charge in [0.2, 0.25) is 11.5 Å². The third-order valence-corrected chi connectivity index (χ3v) is 3.82. The Bertz CT molecular complexity index is 526. The predicted octanol–water partition coefficient (Wildman–Crippen LogP) is 0.428. The van der Waals surface area contributed by atoms with Crippen LogP contribution in [-0.2, 0) is 17.4 Å². The first kappa shape index (κ1) is 16.8. The summed E-state index contributed by atoms with van der Waals surface area (Å²) in [5.41, 5.74) is -3.10. The molecule has 124 valence electrons. The highest BCUT2D eigenvalue weighted by Crippen LogP contribution is 2.40. The number of rotatable bonds is 5. The summed E-state index contributed by atoms with van der Waals surface area (Å²) >= 11 is 0. The smallest absolute Gasteiger partial charge is 0.374 e. The van der Waals surface area contributed by atoms with Crippen molar-refractivity contribution in [1.29, 1.82) is 0 Å². The number of aryl methyl sites for hydroxylation is 1. The molecule has 1 aliphatic heterocycles. The second-order valence-electron chi connectivity index (χ2n) is 5.41. The summed E-state index contributed by atoms with van der Waals surface area (Å²) < 4.78 is 40.9. The van der Waals surface area contributed by atoms with Crippen molar-refractivity contribution in [2.75, 3.05) is 13.1 Å². The number of carbonyl (C=O) groups is 1. The fourth-order valence-corrected chi connectivity index (χ4v) is 2.54. The Morgan fingerprint density at radius 1 is 1.59 bits per heavy atom. The SMILES string of the molecule is Cn1ccnc1[C@](O)(CCNC(=O)[C@H]1CCCN1)C(F)(F)F. The summed E-state index contributed by atoms with van der Waals surface area (Å²) in [5.74, 6) is -0.838. The van der Waals surface area contributed by atoms with E-state index in [1.165, 1.54) is 19.4 Å². The van der Waals surface area contributed by atoms with Crippen LogP contribution in [0.25, 0.3) is 0 Å². The maximum absolute atomic E-state index is 13.2. The number of nitrogens with zero attached hydrogens (tertiary/aromatic N) is 2. The number of nitrogens with one attached hydrogen (secondary N) is 2. The van der Waals surface area contributed by atoms with E-state index in [4.69, 9.17) is 0 Å². The Balaban J connectivity index is 2.02. The van der Waals surface area contributed by atoms with Gasteiger partial charge in [0, 0.05) is 32.4 Å². The number of imidazole rings is 1. The number of halogens is 3. The normalized spacial score (nSPS) is 21.6. The van der Waals surface area contributed by atoms with Crippen molar-refractivity contribution in [3.8, 4) is 0 Å². The van der Waals surface area contributed by atoms with Crippen LogP contribution in [0.5, 0.6) is 0 Å². The van der Waals surface area contributed by atoms with Gasteiger partial charge in [-0.15, -0.1) is 0 Å². The summed E-state index contributed by atoms with van der Waals surface area (Å²) in [4.78, 5) is 15.4. The van der Waals surface area contributed by atoms with Gasteiger partial charge in [-0.1, -0.05) is 0 Å². The molecule has 1 fully saturated rings. The molecule has 2 rings (SSSR count). The van der Waals surface area contributed by atoms with Gasteiger partial charge in [0.15, 0.2) is 0 Å². The molecule has 2 atom stereocenters. The minimum Gasteiger partial charge on any atom is -0.374 e. The number of hydrogen-bond acceptors (Lipinski definition) is 4. The average molecular weight is 320 g/mol. The molecule has 1 amide bonds. The highest BCUT2D eigenvalue weighted by Gasteiger charge is 2.57. The van der Waals surface area contributed by atoms with Gasteiger partial charge >= 0.3 is 6.18 Å². The molecule has 1 saturated heterocycles. The van der Waals surface area contributed by atoms with Gasteiger partial charge in [-0.2, -0.15) is 13.2 Å². The van der Waals surface area contributed by atoms with Gasteiger partial charge in [-0.3, -0.25) is 4.79 Å². The summed E-state index contributed by atoms with van der Waals surface area (Å²) in [6.07, 6.45) is -1.55. The van der Waals surface area contributed by atoms with Crippen LogP contribution in [-0.4, -0.2) is 45.9 Å². The molecule has 0 bridgehead atoms. The molecule has 0 spiro atoms. The van der Waals surface area contributed by atoms with Gasteiger partial charge in [0.05, 0.1) is 6.04 Å². The number of aromatic nitrogens is 2. The first-order chi connectivity index (χ1) is 10.3. The van der Waals surface area contributed by atoms with Gasteiger partial charge in [0.1, 0.15) is 5.82 Å². The molecule has 1 aromatic rings. The molecule has 0 aliphatic carbocycles. The molecule has 1 aromatic heterocycles. The zero-order valence-electron chi connectivity index (χ0n) is 12.2. The highest BCUT2D eigenvalue weighted by atomic mass is 19.4. The summed E-state index contributed by atoms with van der Waals surface area (Å²) in [5, 5.41) is 15.5. The number of alkyl halides is 3. The van der Waals surface area contributed by atoms with Gasteiger partial charge in [-0.05, 0) is 19.4 Å². The van der Waals surface area contributed by atoms with Gasteiger partial charge < -0.3 is 20.3 Å². The van der Waals surface area contributed by atoms with Crippen molar-refractivity contribution in [1.82, 2.24) is 20.2 Å². The van der Waals surface area contributed by atoms with Crippen LogP contribution >= 0.6 is 0 Å². The minimum absolute atomic E-state index is 0.292. The fraction of sp³-hybridized carbons (Fsp3) is 0.692. The van der Waals surface area contributed by atoms with E-state index in [0.717, 1.165) is 17.5 Å². The first-order valence-corrected chi connectivity index (χ1v) is 7.04. The second kappa shape index (κ2) is 6.25. The van der Waals surface area contributed by atoms with Gasteiger partial charge in [0.25, 0.3) is 0 Å².